The minimum atomic E-state index is 0.00941. The molecule has 2 rings (SSSR count). The lowest BCUT2D eigenvalue weighted by Crippen LogP contribution is -3.08. The van der Waals surface area contributed by atoms with Gasteiger partial charge in [-0.15, -0.1) is 0 Å². The van der Waals surface area contributed by atoms with E-state index < -0.39 is 0 Å². The fourth-order valence-corrected chi connectivity index (χ4v) is 3.02. The number of hydrogen-bond donors (Lipinski definition) is 2. The number of methoxy groups -OCH3 is 1. The van der Waals surface area contributed by atoms with Crippen molar-refractivity contribution in [3.05, 3.63) is 57.6 Å². The summed E-state index contributed by atoms with van der Waals surface area (Å²) < 4.78 is 6.40. The van der Waals surface area contributed by atoms with Gasteiger partial charge < -0.3 is 15.0 Å². The fourth-order valence-electron chi connectivity index (χ4n) is 2.61. The number of carbonyl (C=O) groups excluding carboxylic acids is 1. The van der Waals surface area contributed by atoms with Gasteiger partial charge in [0.25, 0.3) is 5.91 Å². The molecule has 0 heterocycles. The molecule has 4 nitrogen and oxygen atoms in total. The van der Waals surface area contributed by atoms with Gasteiger partial charge in [0, 0.05) is 15.7 Å². The van der Waals surface area contributed by atoms with Gasteiger partial charge in [-0.2, -0.15) is 0 Å². The standard InChI is InChI=1S/C19H23BrN2O2/c1-13-5-6-14(2)17(9-13)21-19(23)12-22(3)11-15-10-16(20)7-8-18(15)24-4/h5-10H,11-12H2,1-4H3,(H,21,23)/p+1. The number of aryl methyl sites for hydroxylation is 2. The lowest BCUT2D eigenvalue weighted by molar-refractivity contribution is -0.885. The normalized spacial score (nSPS) is 11.9. The number of carbonyl (C=O) groups is 1. The predicted octanol–water partition coefficient (Wildman–Crippen LogP) is 2.73. The van der Waals surface area contributed by atoms with Crippen LogP contribution in [0.15, 0.2) is 40.9 Å². The number of benzene rings is 2. The number of likely N-dealkylation sites (N-methyl/N-ethyl adjacent to an activating group) is 1. The van der Waals surface area contributed by atoms with Crippen LogP contribution >= 0.6 is 15.9 Å². The van der Waals surface area contributed by atoms with Crippen molar-refractivity contribution in [2.45, 2.75) is 20.4 Å². The Hall–Kier alpha value is -1.85. The number of rotatable bonds is 6. The summed E-state index contributed by atoms with van der Waals surface area (Å²) in [5.74, 6) is 0.850. The molecule has 0 aliphatic rings. The molecular formula is C19H24BrN2O2+. The SMILES string of the molecule is COc1ccc(Br)cc1C[NH+](C)CC(=O)Nc1cc(C)ccc1C. The maximum Gasteiger partial charge on any atom is 0.279 e. The topological polar surface area (TPSA) is 42.8 Å². The third kappa shape index (κ3) is 5.08. The molecule has 2 aromatic rings. The van der Waals surface area contributed by atoms with Crippen molar-refractivity contribution in [1.29, 1.82) is 0 Å². The van der Waals surface area contributed by atoms with Crippen LogP contribution in [0.2, 0.25) is 0 Å². The first-order valence-electron chi connectivity index (χ1n) is 7.90. The van der Waals surface area contributed by atoms with E-state index in [-0.39, 0.29) is 5.91 Å². The molecular weight excluding hydrogens is 368 g/mol. The molecule has 0 bridgehead atoms. The molecule has 2 aromatic carbocycles. The molecule has 5 heteroatoms. The first kappa shape index (κ1) is 18.5. The van der Waals surface area contributed by atoms with Gasteiger partial charge in [-0.05, 0) is 49.2 Å². The summed E-state index contributed by atoms with van der Waals surface area (Å²) in [4.78, 5) is 13.4. The van der Waals surface area contributed by atoms with E-state index >= 15 is 0 Å². The summed E-state index contributed by atoms with van der Waals surface area (Å²) in [6, 6.07) is 12.0. The second-order valence-electron chi connectivity index (χ2n) is 6.13. The number of quaternary nitrogens is 1. The highest BCUT2D eigenvalue weighted by atomic mass is 79.9. The summed E-state index contributed by atoms with van der Waals surface area (Å²) in [5, 5.41) is 3.01. The highest BCUT2D eigenvalue weighted by molar-refractivity contribution is 9.10. The van der Waals surface area contributed by atoms with E-state index in [1.54, 1.807) is 7.11 Å². The zero-order valence-corrected chi connectivity index (χ0v) is 16.2. The van der Waals surface area contributed by atoms with Gasteiger partial charge >= 0.3 is 0 Å². The Labute approximate surface area is 151 Å². The van der Waals surface area contributed by atoms with Gasteiger partial charge in [0.1, 0.15) is 12.3 Å². The molecule has 0 saturated carbocycles. The number of hydrogen-bond acceptors (Lipinski definition) is 2. The second kappa shape index (κ2) is 8.31. The van der Waals surface area contributed by atoms with Crippen LogP contribution in [0.1, 0.15) is 16.7 Å². The lowest BCUT2D eigenvalue weighted by Gasteiger charge is -2.16. The Kier molecular flexibility index (Phi) is 6.40. The second-order valence-corrected chi connectivity index (χ2v) is 7.05. The van der Waals surface area contributed by atoms with Gasteiger partial charge in [0.2, 0.25) is 0 Å². The first-order chi connectivity index (χ1) is 11.4. The van der Waals surface area contributed by atoms with E-state index in [9.17, 15) is 4.79 Å². The number of ether oxygens (including phenoxy) is 1. The van der Waals surface area contributed by atoms with Gasteiger partial charge in [-0.3, -0.25) is 4.79 Å². The molecule has 0 fully saturated rings. The van der Waals surface area contributed by atoms with E-state index in [0.717, 1.165) is 37.5 Å². The Morgan fingerprint density at radius 2 is 1.96 bits per heavy atom. The lowest BCUT2D eigenvalue weighted by atomic mass is 10.1. The molecule has 1 atom stereocenters. The van der Waals surface area contributed by atoms with Gasteiger partial charge in [-0.25, -0.2) is 0 Å². The maximum absolute atomic E-state index is 12.3. The minimum absolute atomic E-state index is 0.00941. The number of nitrogens with one attached hydrogen (secondary N) is 2. The zero-order valence-electron chi connectivity index (χ0n) is 14.6. The molecule has 0 radical (unpaired) electrons. The molecule has 128 valence electrons. The monoisotopic (exact) mass is 391 g/mol. The average molecular weight is 392 g/mol. The summed E-state index contributed by atoms with van der Waals surface area (Å²) in [7, 11) is 3.66. The largest absolute Gasteiger partial charge is 0.496 e. The summed E-state index contributed by atoms with van der Waals surface area (Å²) in [5.41, 5.74) is 4.16. The Morgan fingerprint density at radius 1 is 1.21 bits per heavy atom. The van der Waals surface area contributed by atoms with Crippen LogP contribution in [-0.2, 0) is 11.3 Å². The molecule has 1 amide bonds. The Balaban J connectivity index is 1.99. The highest BCUT2D eigenvalue weighted by Gasteiger charge is 2.14. The molecule has 0 spiro atoms. The third-order valence-corrected chi connectivity index (χ3v) is 4.36. The fraction of sp³-hybridized carbons (Fsp3) is 0.316. The van der Waals surface area contributed by atoms with Gasteiger partial charge in [-0.1, -0.05) is 28.1 Å². The summed E-state index contributed by atoms with van der Waals surface area (Å²) >= 11 is 3.48. The van der Waals surface area contributed by atoms with Crippen LogP contribution in [0, 0.1) is 13.8 Å². The molecule has 0 saturated heterocycles. The number of amides is 1. The van der Waals surface area contributed by atoms with E-state index in [0.29, 0.717) is 13.1 Å². The third-order valence-electron chi connectivity index (χ3n) is 3.86. The molecule has 2 N–H and O–H groups in total. The van der Waals surface area contributed by atoms with Crippen LogP contribution in [0.5, 0.6) is 5.75 Å². The smallest absolute Gasteiger partial charge is 0.279 e. The first-order valence-corrected chi connectivity index (χ1v) is 8.69. The van der Waals surface area contributed by atoms with E-state index in [1.807, 2.05) is 57.3 Å². The summed E-state index contributed by atoms with van der Waals surface area (Å²) in [6.45, 7) is 5.12. The van der Waals surface area contributed by atoms with Crippen molar-refractivity contribution >= 4 is 27.5 Å². The van der Waals surface area contributed by atoms with Crippen LogP contribution < -0.4 is 15.0 Å². The van der Waals surface area contributed by atoms with E-state index in [4.69, 9.17) is 4.74 Å². The van der Waals surface area contributed by atoms with Crippen LogP contribution in [0.25, 0.3) is 0 Å². The number of halogens is 1. The van der Waals surface area contributed by atoms with E-state index in [1.165, 1.54) is 0 Å². The molecule has 1 unspecified atom stereocenters. The van der Waals surface area contributed by atoms with Crippen molar-refractivity contribution in [3.63, 3.8) is 0 Å². The predicted molar refractivity (Wildman–Crippen MR) is 101 cm³/mol. The molecule has 24 heavy (non-hydrogen) atoms. The van der Waals surface area contributed by atoms with Crippen LogP contribution in [0.3, 0.4) is 0 Å². The molecule has 0 aromatic heterocycles. The van der Waals surface area contributed by atoms with Crippen LogP contribution in [-0.4, -0.2) is 26.6 Å². The minimum Gasteiger partial charge on any atom is -0.496 e. The van der Waals surface area contributed by atoms with E-state index in [2.05, 4.69) is 21.2 Å². The average Bonchev–Trinajstić information content (AvgIpc) is 2.51. The molecule has 0 aliphatic carbocycles. The van der Waals surface area contributed by atoms with Crippen molar-refractivity contribution in [2.24, 2.45) is 0 Å². The Bertz CT molecular complexity index is 731. The highest BCUT2D eigenvalue weighted by Crippen LogP contribution is 2.22. The number of anilines is 1. The maximum atomic E-state index is 12.3. The quantitative estimate of drug-likeness (QED) is 0.794. The van der Waals surface area contributed by atoms with Crippen LogP contribution in [0.4, 0.5) is 5.69 Å². The summed E-state index contributed by atoms with van der Waals surface area (Å²) in [6.07, 6.45) is 0. The van der Waals surface area contributed by atoms with Crippen molar-refractivity contribution in [2.75, 3.05) is 26.0 Å². The molecule has 0 aliphatic heterocycles. The van der Waals surface area contributed by atoms with Crippen molar-refractivity contribution in [1.82, 2.24) is 0 Å². The Morgan fingerprint density at radius 3 is 2.67 bits per heavy atom. The van der Waals surface area contributed by atoms with Crippen molar-refractivity contribution in [3.8, 4) is 5.75 Å². The van der Waals surface area contributed by atoms with Gasteiger partial charge in [0.15, 0.2) is 6.54 Å². The zero-order chi connectivity index (χ0) is 17.7. The van der Waals surface area contributed by atoms with Crippen molar-refractivity contribution < 1.29 is 14.4 Å². The van der Waals surface area contributed by atoms with Gasteiger partial charge in [0.05, 0.1) is 14.2 Å².